The van der Waals surface area contributed by atoms with Crippen molar-refractivity contribution in [2.75, 3.05) is 6.61 Å². The number of benzene rings is 1. The third-order valence-corrected chi connectivity index (χ3v) is 2.58. The van der Waals surface area contributed by atoms with Gasteiger partial charge < -0.3 is 5.11 Å². The second kappa shape index (κ2) is 5.34. The van der Waals surface area contributed by atoms with Crippen LogP contribution >= 0.6 is 0 Å². The van der Waals surface area contributed by atoms with Crippen LogP contribution in [0.5, 0.6) is 0 Å². The van der Waals surface area contributed by atoms with Gasteiger partial charge in [0.1, 0.15) is 12.9 Å². The van der Waals surface area contributed by atoms with Gasteiger partial charge in [-0.2, -0.15) is 5.10 Å². The minimum atomic E-state index is -0.265. The molecule has 0 amide bonds. The van der Waals surface area contributed by atoms with Crippen molar-refractivity contribution in [1.29, 1.82) is 0 Å². The van der Waals surface area contributed by atoms with Crippen molar-refractivity contribution in [3.8, 4) is 17.5 Å². The fourth-order valence-corrected chi connectivity index (χ4v) is 1.74. The number of hydrogen-bond acceptors (Lipinski definition) is 3. The number of aliphatic hydroxyl groups is 1. The van der Waals surface area contributed by atoms with Crippen LogP contribution in [0.3, 0.4) is 0 Å². The predicted octanol–water partition coefficient (Wildman–Crippen LogP) is 0.467. The van der Waals surface area contributed by atoms with E-state index in [-0.39, 0.29) is 12.3 Å². The quantitative estimate of drug-likeness (QED) is 0.753. The topological polar surface area (TPSA) is 70.9 Å². The van der Waals surface area contributed by atoms with Crippen molar-refractivity contribution < 1.29 is 5.11 Å². The van der Waals surface area contributed by atoms with Crippen LogP contribution in [-0.2, 0) is 6.42 Å². The van der Waals surface area contributed by atoms with Crippen molar-refractivity contribution in [3.63, 3.8) is 0 Å². The molecule has 0 bridgehead atoms. The molecule has 0 atom stereocenters. The van der Waals surface area contributed by atoms with Crippen molar-refractivity contribution in [1.82, 2.24) is 14.8 Å². The Kier molecular flexibility index (Phi) is 3.60. The Hall–Kier alpha value is -2.32. The summed E-state index contributed by atoms with van der Waals surface area (Å²) in [5.74, 6) is 5.45. The summed E-state index contributed by atoms with van der Waals surface area (Å²) in [4.78, 5) is 11.5. The van der Waals surface area contributed by atoms with Crippen LogP contribution in [0.4, 0.5) is 0 Å². The molecule has 2 aromatic rings. The normalized spacial score (nSPS) is 9.89. The summed E-state index contributed by atoms with van der Waals surface area (Å²) in [5, 5.41) is 14.7. The molecule has 2 rings (SSSR count). The van der Waals surface area contributed by atoms with Crippen LogP contribution in [0.15, 0.2) is 29.3 Å². The maximum atomic E-state index is 11.5. The van der Waals surface area contributed by atoms with Gasteiger partial charge in [-0.05, 0) is 30.2 Å². The van der Waals surface area contributed by atoms with E-state index in [0.29, 0.717) is 0 Å². The Morgan fingerprint density at radius 1 is 1.50 bits per heavy atom. The summed E-state index contributed by atoms with van der Waals surface area (Å²) in [6, 6.07) is 5.56. The number of aromatic amines is 1. The molecule has 0 fully saturated rings. The Morgan fingerprint density at radius 3 is 2.94 bits per heavy atom. The van der Waals surface area contributed by atoms with Crippen LogP contribution in [0.2, 0.25) is 0 Å². The smallest absolute Gasteiger partial charge is 0.347 e. The first-order chi connectivity index (χ1) is 8.76. The summed E-state index contributed by atoms with van der Waals surface area (Å²) in [5.41, 5.74) is 2.36. The number of aliphatic hydroxyl groups excluding tert-OH is 1. The maximum Gasteiger partial charge on any atom is 0.347 e. The van der Waals surface area contributed by atoms with Crippen molar-refractivity contribution in [2.24, 2.45) is 0 Å². The molecule has 1 aromatic heterocycles. The molecule has 0 saturated heterocycles. The second-order valence-electron chi connectivity index (χ2n) is 3.69. The van der Waals surface area contributed by atoms with Gasteiger partial charge in [-0.15, -0.1) is 0 Å². The number of nitrogens with zero attached hydrogens (tertiary/aromatic N) is 2. The molecule has 0 radical (unpaired) electrons. The zero-order valence-electron chi connectivity index (χ0n) is 9.97. The lowest BCUT2D eigenvalue weighted by Gasteiger charge is -2.07. The molecule has 92 valence electrons. The van der Waals surface area contributed by atoms with Gasteiger partial charge in [0.05, 0.1) is 5.69 Å². The van der Waals surface area contributed by atoms with E-state index < -0.39 is 0 Å². The Balaban J connectivity index is 2.50. The summed E-state index contributed by atoms with van der Waals surface area (Å²) in [7, 11) is 0. The van der Waals surface area contributed by atoms with Crippen LogP contribution in [0.1, 0.15) is 18.1 Å². The number of hydrogen-bond donors (Lipinski definition) is 2. The number of nitrogens with one attached hydrogen (secondary N) is 1. The lowest BCUT2D eigenvalue weighted by molar-refractivity contribution is 0.350. The molecule has 0 saturated carbocycles. The molecule has 0 aliphatic heterocycles. The molecule has 18 heavy (non-hydrogen) atoms. The fraction of sp³-hybridized carbons (Fsp3) is 0.231. The third kappa shape index (κ3) is 2.34. The van der Waals surface area contributed by atoms with Crippen LogP contribution in [0.25, 0.3) is 5.69 Å². The van der Waals surface area contributed by atoms with E-state index in [4.69, 9.17) is 5.11 Å². The average Bonchev–Trinajstić information content (AvgIpc) is 2.82. The lowest BCUT2D eigenvalue weighted by Crippen LogP contribution is -2.15. The van der Waals surface area contributed by atoms with E-state index >= 15 is 0 Å². The van der Waals surface area contributed by atoms with E-state index in [1.54, 1.807) is 0 Å². The molecular weight excluding hydrogens is 230 g/mol. The van der Waals surface area contributed by atoms with Crippen LogP contribution in [0, 0.1) is 11.8 Å². The fourth-order valence-electron chi connectivity index (χ4n) is 1.74. The van der Waals surface area contributed by atoms with Crippen LogP contribution < -0.4 is 5.69 Å². The van der Waals surface area contributed by atoms with E-state index in [0.717, 1.165) is 23.2 Å². The van der Waals surface area contributed by atoms with Gasteiger partial charge in [-0.25, -0.2) is 14.5 Å². The average molecular weight is 243 g/mol. The third-order valence-electron chi connectivity index (χ3n) is 2.58. The van der Waals surface area contributed by atoms with Crippen molar-refractivity contribution >= 4 is 0 Å². The van der Waals surface area contributed by atoms with E-state index in [9.17, 15) is 4.79 Å². The monoisotopic (exact) mass is 243 g/mol. The standard InChI is InChI=1S/C13H13N3O2/c1-2-11-8-10(4-3-7-17)5-6-12(11)16-9-14-15-13(16)18/h5-6,8-9,17H,2,7H2,1H3,(H,15,18). The van der Waals surface area contributed by atoms with Gasteiger partial charge in [0, 0.05) is 5.56 Å². The van der Waals surface area contributed by atoms with Gasteiger partial charge in [0.25, 0.3) is 0 Å². The highest BCUT2D eigenvalue weighted by Gasteiger charge is 2.06. The first kappa shape index (κ1) is 12.1. The number of aryl methyl sites for hydroxylation is 1. The van der Waals surface area contributed by atoms with Crippen LogP contribution in [-0.4, -0.2) is 26.5 Å². The number of aromatic nitrogens is 3. The molecule has 0 spiro atoms. The molecule has 5 nitrogen and oxygen atoms in total. The Morgan fingerprint density at radius 2 is 2.33 bits per heavy atom. The highest BCUT2D eigenvalue weighted by atomic mass is 16.2. The minimum absolute atomic E-state index is 0.162. The van der Waals surface area contributed by atoms with E-state index in [1.165, 1.54) is 10.9 Å². The number of rotatable bonds is 2. The molecule has 1 aromatic carbocycles. The molecule has 0 aliphatic rings. The molecule has 0 unspecified atom stereocenters. The van der Waals surface area contributed by atoms with Gasteiger partial charge >= 0.3 is 5.69 Å². The molecule has 0 aliphatic carbocycles. The lowest BCUT2D eigenvalue weighted by atomic mass is 10.1. The van der Waals surface area contributed by atoms with E-state index in [1.807, 2.05) is 25.1 Å². The van der Waals surface area contributed by atoms with Crippen molar-refractivity contribution in [3.05, 3.63) is 46.1 Å². The second-order valence-corrected chi connectivity index (χ2v) is 3.69. The molecular formula is C13H13N3O2. The van der Waals surface area contributed by atoms with Gasteiger partial charge in [-0.3, -0.25) is 0 Å². The first-order valence-electron chi connectivity index (χ1n) is 5.61. The first-order valence-corrected chi connectivity index (χ1v) is 5.61. The molecule has 5 heteroatoms. The summed E-state index contributed by atoms with van der Waals surface area (Å²) in [6.45, 7) is 1.84. The zero-order chi connectivity index (χ0) is 13.0. The summed E-state index contributed by atoms with van der Waals surface area (Å²) >= 11 is 0. The summed E-state index contributed by atoms with van der Waals surface area (Å²) < 4.78 is 1.46. The van der Waals surface area contributed by atoms with Gasteiger partial charge in [0.15, 0.2) is 0 Å². The highest BCUT2D eigenvalue weighted by Crippen LogP contribution is 2.15. The van der Waals surface area contributed by atoms with Crippen molar-refractivity contribution in [2.45, 2.75) is 13.3 Å². The maximum absolute atomic E-state index is 11.5. The molecule has 1 heterocycles. The minimum Gasteiger partial charge on any atom is -0.384 e. The Labute approximate surface area is 104 Å². The van der Waals surface area contributed by atoms with Gasteiger partial charge in [-0.1, -0.05) is 18.8 Å². The summed E-state index contributed by atoms with van der Waals surface area (Å²) in [6.07, 6.45) is 2.23. The Bertz CT molecular complexity index is 659. The van der Waals surface area contributed by atoms with E-state index in [2.05, 4.69) is 22.0 Å². The zero-order valence-corrected chi connectivity index (χ0v) is 9.97. The highest BCUT2D eigenvalue weighted by molar-refractivity contribution is 5.48. The van der Waals surface area contributed by atoms with Gasteiger partial charge in [0.2, 0.25) is 0 Å². The largest absolute Gasteiger partial charge is 0.384 e. The SMILES string of the molecule is CCc1cc(C#CCO)ccc1-n1cn[nH]c1=O. The molecule has 2 N–H and O–H groups in total. The number of H-pyrrole nitrogens is 1. The predicted molar refractivity (Wildman–Crippen MR) is 67.5 cm³/mol.